The standard InChI is InChI=1S/C16H22N2O3S/c1-10-7-8-13(16(4,5)6)9-14(10)22(19,20)11(2)15-17-12(3)18-21-15/h7-9,11H,1-6H3. The summed E-state index contributed by atoms with van der Waals surface area (Å²) in [5.41, 5.74) is 1.57. The van der Waals surface area contributed by atoms with Gasteiger partial charge in [0.15, 0.2) is 15.7 Å². The van der Waals surface area contributed by atoms with Crippen LogP contribution in [0, 0.1) is 13.8 Å². The minimum Gasteiger partial charge on any atom is -0.338 e. The van der Waals surface area contributed by atoms with Crippen LogP contribution in [0.3, 0.4) is 0 Å². The van der Waals surface area contributed by atoms with Crippen LogP contribution >= 0.6 is 0 Å². The molecule has 0 N–H and O–H groups in total. The number of hydrogen-bond donors (Lipinski definition) is 0. The summed E-state index contributed by atoms with van der Waals surface area (Å²) in [5, 5.41) is 2.80. The first kappa shape index (κ1) is 16.7. The number of sulfone groups is 1. The lowest BCUT2D eigenvalue weighted by Crippen LogP contribution is -2.16. The maximum absolute atomic E-state index is 12.9. The van der Waals surface area contributed by atoms with E-state index in [1.807, 2.05) is 12.1 Å². The fourth-order valence-electron chi connectivity index (χ4n) is 2.17. The Morgan fingerprint density at radius 1 is 1.18 bits per heavy atom. The molecule has 0 bridgehead atoms. The zero-order valence-electron chi connectivity index (χ0n) is 13.8. The topological polar surface area (TPSA) is 73.1 Å². The van der Waals surface area contributed by atoms with Crippen molar-refractivity contribution < 1.29 is 12.9 Å². The molecule has 2 aromatic rings. The lowest BCUT2D eigenvalue weighted by atomic mass is 9.87. The molecule has 6 heteroatoms. The summed E-state index contributed by atoms with van der Waals surface area (Å²) in [4.78, 5) is 4.37. The minimum absolute atomic E-state index is 0.123. The molecule has 0 aliphatic heterocycles. The quantitative estimate of drug-likeness (QED) is 0.864. The van der Waals surface area contributed by atoms with E-state index in [4.69, 9.17) is 4.52 Å². The smallest absolute Gasteiger partial charge is 0.245 e. The summed E-state index contributed by atoms with van der Waals surface area (Å²) in [7, 11) is -3.59. The van der Waals surface area contributed by atoms with E-state index in [1.54, 1.807) is 26.8 Å². The molecule has 0 aliphatic carbocycles. The number of aromatic nitrogens is 2. The van der Waals surface area contributed by atoms with Crippen molar-refractivity contribution in [3.8, 4) is 0 Å². The summed E-state index contributed by atoms with van der Waals surface area (Å²) >= 11 is 0. The predicted molar refractivity (Wildman–Crippen MR) is 84.5 cm³/mol. The van der Waals surface area contributed by atoms with Gasteiger partial charge in [-0.3, -0.25) is 0 Å². The Morgan fingerprint density at radius 2 is 1.82 bits per heavy atom. The summed E-state index contributed by atoms with van der Waals surface area (Å²) in [5.74, 6) is 0.551. The van der Waals surface area contributed by atoms with Crippen LogP contribution < -0.4 is 0 Å². The van der Waals surface area contributed by atoms with Gasteiger partial charge in [-0.05, 0) is 43.4 Å². The van der Waals surface area contributed by atoms with E-state index in [-0.39, 0.29) is 11.3 Å². The maximum Gasteiger partial charge on any atom is 0.245 e. The zero-order valence-corrected chi connectivity index (χ0v) is 14.7. The number of aryl methyl sites for hydroxylation is 2. The summed E-state index contributed by atoms with van der Waals surface area (Å²) in [6.45, 7) is 11.2. The molecule has 5 nitrogen and oxygen atoms in total. The second kappa shape index (κ2) is 5.50. The lowest BCUT2D eigenvalue weighted by molar-refractivity contribution is 0.373. The Kier molecular flexibility index (Phi) is 4.17. The second-order valence-corrected chi connectivity index (χ2v) is 8.83. The molecule has 0 saturated carbocycles. The molecule has 1 aromatic carbocycles. The third kappa shape index (κ3) is 3.06. The van der Waals surface area contributed by atoms with E-state index < -0.39 is 15.1 Å². The van der Waals surface area contributed by atoms with Gasteiger partial charge < -0.3 is 4.52 Å². The summed E-state index contributed by atoms with van der Waals surface area (Å²) in [6.07, 6.45) is 0. The molecule has 0 fully saturated rings. The van der Waals surface area contributed by atoms with Gasteiger partial charge in [-0.15, -0.1) is 0 Å². The summed E-state index contributed by atoms with van der Waals surface area (Å²) < 4.78 is 30.9. The van der Waals surface area contributed by atoms with Crippen molar-refractivity contribution in [2.75, 3.05) is 0 Å². The van der Waals surface area contributed by atoms with Crippen molar-refractivity contribution in [3.63, 3.8) is 0 Å². The molecular formula is C16H22N2O3S. The van der Waals surface area contributed by atoms with Gasteiger partial charge in [-0.25, -0.2) is 8.42 Å². The highest BCUT2D eigenvalue weighted by Gasteiger charge is 2.31. The molecule has 22 heavy (non-hydrogen) atoms. The van der Waals surface area contributed by atoms with Gasteiger partial charge in [-0.2, -0.15) is 4.98 Å². The van der Waals surface area contributed by atoms with Gasteiger partial charge in [0.25, 0.3) is 0 Å². The van der Waals surface area contributed by atoms with E-state index in [2.05, 4.69) is 30.9 Å². The molecule has 1 atom stereocenters. The van der Waals surface area contributed by atoms with Crippen LogP contribution in [0.1, 0.15) is 55.8 Å². The van der Waals surface area contributed by atoms with Crippen molar-refractivity contribution in [1.82, 2.24) is 10.1 Å². The third-order valence-electron chi connectivity index (χ3n) is 3.72. The molecule has 1 heterocycles. The van der Waals surface area contributed by atoms with Gasteiger partial charge >= 0.3 is 0 Å². The normalized spacial score (nSPS) is 14.1. The molecule has 1 aromatic heterocycles. The molecule has 120 valence electrons. The van der Waals surface area contributed by atoms with Gasteiger partial charge in [0.1, 0.15) is 5.25 Å². The van der Waals surface area contributed by atoms with Crippen molar-refractivity contribution in [2.45, 2.75) is 57.1 Å². The molecule has 1 unspecified atom stereocenters. The predicted octanol–water partition coefficient (Wildman–Crippen LogP) is 3.52. The molecule has 0 aliphatic rings. The Balaban J connectivity index is 2.54. The first-order valence-electron chi connectivity index (χ1n) is 7.18. The van der Waals surface area contributed by atoms with Crippen molar-refractivity contribution >= 4 is 9.84 Å². The van der Waals surface area contributed by atoms with Crippen LogP contribution in [0.25, 0.3) is 0 Å². The van der Waals surface area contributed by atoms with Crippen LogP contribution in [-0.2, 0) is 15.3 Å². The lowest BCUT2D eigenvalue weighted by Gasteiger charge is -2.21. The van der Waals surface area contributed by atoms with Gasteiger partial charge in [0, 0.05) is 0 Å². The van der Waals surface area contributed by atoms with Crippen LogP contribution in [0.15, 0.2) is 27.6 Å². The fraction of sp³-hybridized carbons (Fsp3) is 0.500. The van der Waals surface area contributed by atoms with Gasteiger partial charge in [0.2, 0.25) is 5.89 Å². The van der Waals surface area contributed by atoms with Gasteiger partial charge in [-0.1, -0.05) is 38.1 Å². The van der Waals surface area contributed by atoms with Crippen molar-refractivity contribution in [3.05, 3.63) is 41.0 Å². The van der Waals surface area contributed by atoms with Crippen LogP contribution in [0.4, 0.5) is 0 Å². The zero-order chi connectivity index (χ0) is 16.7. The third-order valence-corrected chi connectivity index (χ3v) is 5.90. The number of nitrogens with zero attached hydrogens (tertiary/aromatic N) is 2. The monoisotopic (exact) mass is 322 g/mol. The Bertz CT molecular complexity index is 786. The van der Waals surface area contributed by atoms with E-state index in [1.165, 1.54) is 0 Å². The molecule has 0 amide bonds. The SMILES string of the molecule is Cc1noc(C(C)S(=O)(=O)c2cc(C(C)(C)C)ccc2C)n1. The second-order valence-electron chi connectivity index (χ2n) is 6.60. The van der Waals surface area contributed by atoms with Crippen molar-refractivity contribution in [2.24, 2.45) is 0 Å². The van der Waals surface area contributed by atoms with E-state index >= 15 is 0 Å². The highest BCUT2D eigenvalue weighted by atomic mass is 32.2. The molecule has 2 rings (SSSR count). The Labute approximate surface area is 131 Å². The van der Waals surface area contributed by atoms with E-state index in [9.17, 15) is 8.42 Å². The molecule has 0 saturated heterocycles. The Morgan fingerprint density at radius 3 is 2.32 bits per heavy atom. The first-order chi connectivity index (χ1) is 10.0. The van der Waals surface area contributed by atoms with Crippen LogP contribution in [0.2, 0.25) is 0 Å². The highest BCUT2D eigenvalue weighted by molar-refractivity contribution is 7.91. The Hall–Kier alpha value is -1.69. The van der Waals surface area contributed by atoms with E-state index in [0.717, 1.165) is 11.1 Å². The average Bonchev–Trinajstić information content (AvgIpc) is 2.83. The minimum atomic E-state index is -3.59. The molecular weight excluding hydrogens is 300 g/mol. The number of hydrogen-bond acceptors (Lipinski definition) is 5. The van der Waals surface area contributed by atoms with E-state index in [0.29, 0.717) is 10.7 Å². The number of benzene rings is 1. The summed E-state index contributed by atoms with van der Waals surface area (Å²) in [6, 6.07) is 5.57. The number of rotatable bonds is 3. The fourth-order valence-corrected chi connectivity index (χ4v) is 3.72. The largest absolute Gasteiger partial charge is 0.338 e. The van der Waals surface area contributed by atoms with Crippen LogP contribution in [0.5, 0.6) is 0 Å². The first-order valence-corrected chi connectivity index (χ1v) is 8.73. The molecule has 0 spiro atoms. The average molecular weight is 322 g/mol. The van der Waals surface area contributed by atoms with Crippen molar-refractivity contribution in [1.29, 1.82) is 0 Å². The highest BCUT2D eigenvalue weighted by Crippen LogP contribution is 2.32. The van der Waals surface area contributed by atoms with Gasteiger partial charge in [0.05, 0.1) is 4.90 Å². The van der Waals surface area contributed by atoms with Crippen LogP contribution in [-0.4, -0.2) is 18.6 Å². The maximum atomic E-state index is 12.9. The molecule has 0 radical (unpaired) electrons.